The van der Waals surface area contributed by atoms with Crippen molar-refractivity contribution in [3.05, 3.63) is 36.2 Å². The van der Waals surface area contributed by atoms with Gasteiger partial charge < -0.3 is 14.5 Å². The summed E-state index contributed by atoms with van der Waals surface area (Å²) >= 11 is 0. The highest BCUT2D eigenvalue weighted by molar-refractivity contribution is 5.97. The number of aliphatic carboxylic acids is 1. The molecule has 1 fully saturated rings. The summed E-state index contributed by atoms with van der Waals surface area (Å²) in [6.07, 6.45) is 2.94. The number of carboxylic acid groups (broad SMARTS) is 1. The minimum Gasteiger partial charge on any atom is -0.480 e. The highest BCUT2D eigenvalue weighted by Crippen LogP contribution is 2.30. The molecule has 0 radical (unpaired) electrons. The predicted molar refractivity (Wildman–Crippen MR) is 76.0 cm³/mol. The van der Waals surface area contributed by atoms with Gasteiger partial charge in [0.25, 0.3) is 5.91 Å². The van der Waals surface area contributed by atoms with Gasteiger partial charge in [0, 0.05) is 17.2 Å². The highest BCUT2D eigenvalue weighted by Gasteiger charge is 2.38. The molecule has 1 amide bonds. The third-order valence-corrected chi connectivity index (χ3v) is 3.70. The number of benzene rings is 1. The van der Waals surface area contributed by atoms with E-state index >= 15 is 0 Å². The SMILES string of the molecule is CC(C(=O)O)N(C(=O)c1ccc(-c2ncon2)cc1)C1CC1. The van der Waals surface area contributed by atoms with E-state index in [4.69, 9.17) is 0 Å². The maximum absolute atomic E-state index is 12.6. The van der Waals surface area contributed by atoms with Crippen LogP contribution in [0.2, 0.25) is 0 Å². The van der Waals surface area contributed by atoms with E-state index in [0.717, 1.165) is 18.4 Å². The molecule has 7 nitrogen and oxygen atoms in total. The Morgan fingerprint density at radius 3 is 2.50 bits per heavy atom. The smallest absolute Gasteiger partial charge is 0.326 e. The van der Waals surface area contributed by atoms with Crippen molar-refractivity contribution >= 4 is 11.9 Å². The Bertz CT molecular complexity index is 677. The molecule has 0 aliphatic heterocycles. The third kappa shape index (κ3) is 2.69. The average molecular weight is 301 g/mol. The summed E-state index contributed by atoms with van der Waals surface area (Å²) in [7, 11) is 0. The monoisotopic (exact) mass is 301 g/mol. The molecular formula is C15H15N3O4. The third-order valence-electron chi connectivity index (χ3n) is 3.70. The van der Waals surface area contributed by atoms with Crippen LogP contribution in [0, 0.1) is 0 Å². The molecule has 1 aromatic heterocycles. The molecule has 0 spiro atoms. The number of nitrogens with zero attached hydrogens (tertiary/aromatic N) is 3. The van der Waals surface area contributed by atoms with Gasteiger partial charge in [-0.1, -0.05) is 17.3 Å². The molecule has 3 rings (SSSR count). The Hall–Kier alpha value is -2.70. The van der Waals surface area contributed by atoms with Crippen LogP contribution in [0.4, 0.5) is 0 Å². The van der Waals surface area contributed by atoms with Crippen LogP contribution in [-0.2, 0) is 4.79 Å². The zero-order chi connectivity index (χ0) is 15.7. The minimum absolute atomic E-state index is 0.0236. The maximum Gasteiger partial charge on any atom is 0.326 e. The number of rotatable bonds is 5. The van der Waals surface area contributed by atoms with Crippen LogP contribution in [0.5, 0.6) is 0 Å². The second-order valence-corrected chi connectivity index (χ2v) is 5.29. The molecule has 1 heterocycles. The molecule has 2 aromatic rings. The molecule has 114 valence electrons. The first-order valence-corrected chi connectivity index (χ1v) is 7.00. The lowest BCUT2D eigenvalue weighted by Gasteiger charge is -2.26. The van der Waals surface area contributed by atoms with Gasteiger partial charge in [0.1, 0.15) is 6.04 Å². The van der Waals surface area contributed by atoms with E-state index in [-0.39, 0.29) is 11.9 Å². The predicted octanol–water partition coefficient (Wildman–Crippen LogP) is 1.81. The van der Waals surface area contributed by atoms with Crippen molar-refractivity contribution < 1.29 is 19.2 Å². The van der Waals surface area contributed by atoms with Gasteiger partial charge in [-0.05, 0) is 31.9 Å². The molecule has 1 saturated carbocycles. The first-order valence-electron chi connectivity index (χ1n) is 7.00. The summed E-state index contributed by atoms with van der Waals surface area (Å²) < 4.78 is 4.68. The Balaban J connectivity index is 1.83. The number of hydrogen-bond acceptors (Lipinski definition) is 5. The largest absolute Gasteiger partial charge is 0.480 e. The molecular weight excluding hydrogens is 286 g/mol. The summed E-state index contributed by atoms with van der Waals surface area (Å²) in [6, 6.07) is 5.92. The second kappa shape index (κ2) is 5.59. The second-order valence-electron chi connectivity index (χ2n) is 5.29. The summed E-state index contributed by atoms with van der Waals surface area (Å²) in [5, 5.41) is 12.9. The van der Waals surface area contributed by atoms with Gasteiger partial charge in [-0.15, -0.1) is 0 Å². The van der Waals surface area contributed by atoms with Crippen molar-refractivity contribution in [2.45, 2.75) is 31.8 Å². The topological polar surface area (TPSA) is 96.5 Å². The molecule has 1 atom stereocenters. The van der Waals surface area contributed by atoms with Crippen molar-refractivity contribution in [1.29, 1.82) is 0 Å². The van der Waals surface area contributed by atoms with Crippen molar-refractivity contribution in [1.82, 2.24) is 15.0 Å². The fourth-order valence-corrected chi connectivity index (χ4v) is 2.34. The highest BCUT2D eigenvalue weighted by atomic mass is 16.5. The first kappa shape index (κ1) is 14.2. The number of carbonyl (C=O) groups is 2. The molecule has 1 aliphatic carbocycles. The summed E-state index contributed by atoms with van der Waals surface area (Å²) in [4.78, 5) is 29.2. The number of hydrogen-bond donors (Lipinski definition) is 1. The van der Waals surface area contributed by atoms with Crippen LogP contribution in [0.15, 0.2) is 35.2 Å². The van der Waals surface area contributed by atoms with Crippen LogP contribution < -0.4 is 0 Å². The molecule has 0 saturated heterocycles. The van der Waals surface area contributed by atoms with Crippen LogP contribution >= 0.6 is 0 Å². The lowest BCUT2D eigenvalue weighted by molar-refractivity contribution is -0.141. The van der Waals surface area contributed by atoms with E-state index in [1.54, 1.807) is 24.3 Å². The zero-order valence-electron chi connectivity index (χ0n) is 12.0. The fraction of sp³-hybridized carbons (Fsp3) is 0.333. The van der Waals surface area contributed by atoms with Gasteiger partial charge in [-0.2, -0.15) is 4.98 Å². The summed E-state index contributed by atoms with van der Waals surface area (Å²) in [5.74, 6) is -0.822. The summed E-state index contributed by atoms with van der Waals surface area (Å²) in [5.41, 5.74) is 1.18. The van der Waals surface area contributed by atoms with E-state index in [2.05, 4.69) is 14.7 Å². The molecule has 1 unspecified atom stereocenters. The fourth-order valence-electron chi connectivity index (χ4n) is 2.34. The van der Waals surface area contributed by atoms with E-state index in [9.17, 15) is 14.7 Å². The molecule has 1 N–H and O–H groups in total. The number of carbonyl (C=O) groups excluding carboxylic acids is 1. The van der Waals surface area contributed by atoms with E-state index in [0.29, 0.717) is 11.4 Å². The lowest BCUT2D eigenvalue weighted by atomic mass is 10.1. The van der Waals surface area contributed by atoms with Crippen molar-refractivity contribution in [3.8, 4) is 11.4 Å². The van der Waals surface area contributed by atoms with Crippen LogP contribution in [0.3, 0.4) is 0 Å². The molecule has 1 aliphatic rings. The van der Waals surface area contributed by atoms with Crippen LogP contribution in [0.1, 0.15) is 30.1 Å². The van der Waals surface area contributed by atoms with Crippen molar-refractivity contribution in [3.63, 3.8) is 0 Å². The van der Waals surface area contributed by atoms with Crippen molar-refractivity contribution in [2.75, 3.05) is 0 Å². The molecule has 0 bridgehead atoms. The van der Waals surface area contributed by atoms with Crippen molar-refractivity contribution in [2.24, 2.45) is 0 Å². The lowest BCUT2D eigenvalue weighted by Crippen LogP contribution is -2.44. The standard InChI is InChI=1S/C15H15N3O4/c1-9(15(20)21)18(12-6-7-12)14(19)11-4-2-10(3-5-11)13-16-8-22-17-13/h2-5,8-9,12H,6-7H2,1H3,(H,20,21). The average Bonchev–Trinajstić information content (AvgIpc) is 3.19. The number of aromatic nitrogens is 2. The number of amides is 1. The molecule has 1 aromatic carbocycles. The quantitative estimate of drug-likeness (QED) is 0.904. The minimum atomic E-state index is -0.997. The summed E-state index contributed by atoms with van der Waals surface area (Å²) in [6.45, 7) is 1.53. The molecule has 22 heavy (non-hydrogen) atoms. The van der Waals surface area contributed by atoms with Gasteiger partial charge in [0.05, 0.1) is 0 Å². The van der Waals surface area contributed by atoms with Gasteiger partial charge >= 0.3 is 5.97 Å². The van der Waals surface area contributed by atoms with Crippen LogP contribution in [0.25, 0.3) is 11.4 Å². The normalized spacial score (nSPS) is 15.3. The van der Waals surface area contributed by atoms with Crippen LogP contribution in [-0.4, -0.2) is 44.1 Å². The Morgan fingerprint density at radius 1 is 1.32 bits per heavy atom. The Morgan fingerprint density at radius 2 is 2.00 bits per heavy atom. The zero-order valence-corrected chi connectivity index (χ0v) is 12.0. The van der Waals surface area contributed by atoms with E-state index in [1.165, 1.54) is 18.2 Å². The molecule has 7 heteroatoms. The van der Waals surface area contributed by atoms with Gasteiger partial charge in [0.15, 0.2) is 0 Å². The Kier molecular flexibility index (Phi) is 3.62. The number of carboxylic acids is 1. The Labute approximate surface area is 126 Å². The van der Waals surface area contributed by atoms with E-state index in [1.807, 2.05) is 0 Å². The van der Waals surface area contributed by atoms with Gasteiger partial charge in [0.2, 0.25) is 12.2 Å². The van der Waals surface area contributed by atoms with E-state index < -0.39 is 12.0 Å². The van der Waals surface area contributed by atoms with Gasteiger partial charge in [-0.3, -0.25) is 4.79 Å². The van der Waals surface area contributed by atoms with Gasteiger partial charge in [-0.25, -0.2) is 4.79 Å². The first-order chi connectivity index (χ1) is 10.6. The maximum atomic E-state index is 12.6.